The van der Waals surface area contributed by atoms with Crippen LogP contribution >= 0.6 is 0 Å². The van der Waals surface area contributed by atoms with Gasteiger partial charge in [-0.05, 0) is 25.0 Å². The molecule has 0 bridgehead atoms. The second-order valence-electron chi connectivity index (χ2n) is 6.60. The summed E-state index contributed by atoms with van der Waals surface area (Å²) >= 11 is 0. The summed E-state index contributed by atoms with van der Waals surface area (Å²) in [5.41, 5.74) is 2.09. The minimum atomic E-state index is -2.61. The number of halogens is 3. The van der Waals surface area contributed by atoms with E-state index in [2.05, 4.69) is 10.1 Å². The van der Waals surface area contributed by atoms with Crippen LogP contribution in [0.3, 0.4) is 0 Å². The van der Waals surface area contributed by atoms with Crippen molar-refractivity contribution in [2.75, 3.05) is 13.2 Å². The Kier molecular flexibility index (Phi) is 3.83. The van der Waals surface area contributed by atoms with Crippen LogP contribution in [0.1, 0.15) is 43.3 Å². The SMILES string of the molecule is Fc1cncc(-c2cc(C3CCOCC3)n(C3CC(F)(F)C3)n2)c1. The number of ether oxygens (including phenoxy) is 1. The van der Waals surface area contributed by atoms with E-state index in [1.807, 2.05) is 6.07 Å². The van der Waals surface area contributed by atoms with E-state index < -0.39 is 11.7 Å². The molecule has 0 amide bonds. The highest BCUT2D eigenvalue weighted by molar-refractivity contribution is 5.58. The average Bonchev–Trinajstić information content (AvgIpc) is 2.98. The summed E-state index contributed by atoms with van der Waals surface area (Å²) in [5.74, 6) is -2.81. The van der Waals surface area contributed by atoms with Crippen LogP contribution in [0.15, 0.2) is 24.5 Å². The molecule has 24 heavy (non-hydrogen) atoms. The summed E-state index contributed by atoms with van der Waals surface area (Å²) in [5, 5.41) is 4.52. The average molecular weight is 337 g/mol. The number of pyridine rings is 1. The first-order valence-electron chi connectivity index (χ1n) is 8.18. The lowest BCUT2D eigenvalue weighted by atomic mass is 9.87. The topological polar surface area (TPSA) is 39.9 Å². The van der Waals surface area contributed by atoms with Crippen molar-refractivity contribution in [2.45, 2.75) is 43.6 Å². The Hall–Kier alpha value is -1.89. The largest absolute Gasteiger partial charge is 0.381 e. The zero-order chi connectivity index (χ0) is 16.7. The number of aromatic nitrogens is 3. The Labute approximate surface area is 137 Å². The summed E-state index contributed by atoms with van der Waals surface area (Å²) in [6.07, 6.45) is 3.98. The fraction of sp³-hybridized carbons (Fsp3) is 0.529. The molecule has 1 saturated heterocycles. The van der Waals surface area contributed by atoms with Gasteiger partial charge in [0.25, 0.3) is 5.92 Å². The highest BCUT2D eigenvalue weighted by atomic mass is 19.3. The summed E-state index contributed by atoms with van der Waals surface area (Å²) in [4.78, 5) is 3.85. The molecule has 0 atom stereocenters. The van der Waals surface area contributed by atoms with Crippen molar-refractivity contribution in [3.8, 4) is 11.3 Å². The maximum Gasteiger partial charge on any atom is 0.252 e. The minimum absolute atomic E-state index is 0.189. The molecule has 0 radical (unpaired) electrons. The second kappa shape index (κ2) is 5.88. The van der Waals surface area contributed by atoms with Gasteiger partial charge >= 0.3 is 0 Å². The molecule has 7 heteroatoms. The third kappa shape index (κ3) is 2.92. The third-order valence-electron chi connectivity index (χ3n) is 4.82. The fourth-order valence-corrected chi connectivity index (χ4v) is 3.50. The highest BCUT2D eigenvalue weighted by Crippen LogP contribution is 2.47. The normalized spacial score (nSPS) is 21.6. The van der Waals surface area contributed by atoms with Gasteiger partial charge in [0, 0.05) is 49.4 Å². The Morgan fingerprint density at radius 2 is 1.88 bits per heavy atom. The van der Waals surface area contributed by atoms with Gasteiger partial charge in [-0.1, -0.05) is 0 Å². The van der Waals surface area contributed by atoms with E-state index in [-0.39, 0.29) is 24.8 Å². The lowest BCUT2D eigenvalue weighted by Gasteiger charge is -2.37. The van der Waals surface area contributed by atoms with Crippen molar-refractivity contribution in [1.29, 1.82) is 0 Å². The molecule has 0 N–H and O–H groups in total. The van der Waals surface area contributed by atoms with Gasteiger partial charge in [0.15, 0.2) is 0 Å². The van der Waals surface area contributed by atoms with E-state index >= 15 is 0 Å². The van der Waals surface area contributed by atoms with E-state index in [1.54, 1.807) is 10.9 Å². The van der Waals surface area contributed by atoms with Gasteiger partial charge in [-0.3, -0.25) is 9.67 Å². The zero-order valence-corrected chi connectivity index (χ0v) is 13.1. The number of nitrogens with zero attached hydrogens (tertiary/aromatic N) is 3. The van der Waals surface area contributed by atoms with E-state index in [4.69, 9.17) is 4.74 Å². The lowest BCUT2D eigenvalue weighted by molar-refractivity contribution is -0.107. The van der Waals surface area contributed by atoms with Crippen LogP contribution in [0.5, 0.6) is 0 Å². The van der Waals surface area contributed by atoms with Crippen molar-refractivity contribution in [1.82, 2.24) is 14.8 Å². The molecule has 3 heterocycles. The van der Waals surface area contributed by atoms with Crippen LogP contribution in [0, 0.1) is 5.82 Å². The van der Waals surface area contributed by atoms with Crippen LogP contribution < -0.4 is 0 Å². The molecule has 0 unspecified atom stereocenters. The maximum absolute atomic E-state index is 13.4. The molecule has 0 aromatic carbocycles. The maximum atomic E-state index is 13.4. The van der Waals surface area contributed by atoms with Gasteiger partial charge in [0.2, 0.25) is 0 Å². The number of rotatable bonds is 3. The van der Waals surface area contributed by atoms with Crippen LogP contribution in [0.25, 0.3) is 11.3 Å². The molecule has 2 aliphatic rings. The van der Waals surface area contributed by atoms with E-state index in [0.29, 0.717) is 24.5 Å². The van der Waals surface area contributed by atoms with Crippen LogP contribution in [0.4, 0.5) is 13.2 Å². The van der Waals surface area contributed by atoms with Gasteiger partial charge in [0.05, 0.1) is 17.9 Å². The first-order chi connectivity index (χ1) is 11.5. The molecular weight excluding hydrogens is 319 g/mol. The van der Waals surface area contributed by atoms with Gasteiger partial charge < -0.3 is 4.74 Å². The summed E-state index contributed by atoms with van der Waals surface area (Å²) in [7, 11) is 0. The van der Waals surface area contributed by atoms with E-state index in [0.717, 1.165) is 24.7 Å². The quantitative estimate of drug-likeness (QED) is 0.851. The van der Waals surface area contributed by atoms with Crippen molar-refractivity contribution < 1.29 is 17.9 Å². The summed E-state index contributed by atoms with van der Waals surface area (Å²) in [6, 6.07) is 2.96. The highest BCUT2D eigenvalue weighted by Gasteiger charge is 2.47. The predicted molar refractivity (Wildman–Crippen MR) is 81.4 cm³/mol. The van der Waals surface area contributed by atoms with Crippen LogP contribution in [-0.4, -0.2) is 33.9 Å². The van der Waals surface area contributed by atoms with Crippen molar-refractivity contribution in [3.63, 3.8) is 0 Å². The molecule has 1 aliphatic heterocycles. The standard InChI is InChI=1S/C17H18F3N3O/c18-13-5-12(9-21-10-13)15-6-16(11-1-3-24-4-2-11)23(22-15)14-7-17(19,20)8-14/h5-6,9-11,14H,1-4,7-8H2. The molecule has 1 aliphatic carbocycles. The monoisotopic (exact) mass is 337 g/mol. The van der Waals surface area contributed by atoms with Crippen molar-refractivity contribution in [3.05, 3.63) is 36.0 Å². The summed E-state index contributed by atoms with van der Waals surface area (Å²) in [6.45, 7) is 1.32. The molecule has 2 aromatic heterocycles. The smallest absolute Gasteiger partial charge is 0.252 e. The van der Waals surface area contributed by atoms with Gasteiger partial charge in [-0.2, -0.15) is 5.10 Å². The molecule has 2 aromatic rings. The van der Waals surface area contributed by atoms with E-state index in [1.165, 1.54) is 6.07 Å². The Balaban J connectivity index is 1.70. The zero-order valence-electron chi connectivity index (χ0n) is 13.1. The summed E-state index contributed by atoms with van der Waals surface area (Å²) < 4.78 is 47.2. The Morgan fingerprint density at radius 3 is 2.54 bits per heavy atom. The molecule has 0 spiro atoms. The van der Waals surface area contributed by atoms with Crippen molar-refractivity contribution in [2.24, 2.45) is 0 Å². The Bertz CT molecular complexity index is 732. The van der Waals surface area contributed by atoms with Gasteiger partial charge in [-0.15, -0.1) is 0 Å². The number of hydrogen-bond acceptors (Lipinski definition) is 3. The third-order valence-corrected chi connectivity index (χ3v) is 4.82. The van der Waals surface area contributed by atoms with Gasteiger partial charge in [0.1, 0.15) is 5.82 Å². The molecule has 4 rings (SSSR count). The van der Waals surface area contributed by atoms with Crippen LogP contribution in [-0.2, 0) is 4.74 Å². The number of alkyl halides is 2. The first kappa shape index (κ1) is 15.6. The fourth-order valence-electron chi connectivity index (χ4n) is 3.50. The molecule has 1 saturated carbocycles. The Morgan fingerprint density at radius 1 is 1.12 bits per heavy atom. The number of hydrogen-bond donors (Lipinski definition) is 0. The second-order valence-corrected chi connectivity index (χ2v) is 6.60. The van der Waals surface area contributed by atoms with Crippen molar-refractivity contribution >= 4 is 0 Å². The van der Waals surface area contributed by atoms with Crippen LogP contribution in [0.2, 0.25) is 0 Å². The molecule has 2 fully saturated rings. The predicted octanol–water partition coefficient (Wildman–Crippen LogP) is 3.95. The molecular formula is C17H18F3N3O. The molecule has 4 nitrogen and oxygen atoms in total. The minimum Gasteiger partial charge on any atom is -0.381 e. The first-order valence-corrected chi connectivity index (χ1v) is 8.18. The molecule has 128 valence electrons. The van der Waals surface area contributed by atoms with Gasteiger partial charge in [-0.25, -0.2) is 13.2 Å². The lowest BCUT2D eigenvalue weighted by Crippen LogP contribution is -2.38. The van der Waals surface area contributed by atoms with E-state index in [9.17, 15) is 13.2 Å².